The van der Waals surface area contributed by atoms with Gasteiger partial charge in [-0.05, 0) is 30.7 Å². The Kier molecular flexibility index (Phi) is 6.41. The van der Waals surface area contributed by atoms with Crippen LogP contribution in [0.15, 0.2) is 46.9 Å². The lowest BCUT2D eigenvalue weighted by Crippen LogP contribution is -2.37. The van der Waals surface area contributed by atoms with Gasteiger partial charge in [-0.2, -0.15) is 4.98 Å². The molecule has 5 heterocycles. The Bertz CT molecular complexity index is 1820. The van der Waals surface area contributed by atoms with E-state index in [4.69, 9.17) is 13.9 Å². The van der Waals surface area contributed by atoms with E-state index in [0.717, 1.165) is 0 Å². The van der Waals surface area contributed by atoms with Crippen LogP contribution < -0.4 is 9.64 Å². The summed E-state index contributed by atoms with van der Waals surface area (Å²) < 4.78 is 62.6. The minimum atomic E-state index is -2.99. The summed E-state index contributed by atoms with van der Waals surface area (Å²) in [6.45, 7) is 2.98. The number of para-hydroxylation sites is 2. The predicted molar refractivity (Wildman–Crippen MR) is 145 cm³/mol. The molecule has 7 rings (SSSR count). The molecule has 4 atom stereocenters. The highest BCUT2D eigenvalue weighted by Gasteiger charge is 2.42. The summed E-state index contributed by atoms with van der Waals surface area (Å²) in [4.78, 5) is 26.5. The number of anilines is 1. The van der Waals surface area contributed by atoms with Gasteiger partial charge in [-0.1, -0.05) is 25.1 Å². The number of hydrogen-bond acceptors (Lipinski definition) is 8. The molecule has 3 aromatic heterocycles. The van der Waals surface area contributed by atoms with Crippen molar-refractivity contribution in [2.45, 2.75) is 44.4 Å². The van der Waals surface area contributed by atoms with Crippen LogP contribution in [-0.2, 0) is 9.53 Å². The summed E-state index contributed by atoms with van der Waals surface area (Å²) in [5.74, 6) is -2.37. The third kappa shape index (κ3) is 4.30. The first-order valence-electron chi connectivity index (χ1n) is 13.7. The Balaban J connectivity index is 1.30. The van der Waals surface area contributed by atoms with Gasteiger partial charge in [0.25, 0.3) is 12.4 Å². The van der Waals surface area contributed by atoms with Crippen molar-refractivity contribution >= 4 is 44.9 Å². The molecule has 0 saturated carbocycles. The zero-order chi connectivity index (χ0) is 29.1. The van der Waals surface area contributed by atoms with Gasteiger partial charge in [0, 0.05) is 30.4 Å². The molecule has 0 unspecified atom stereocenters. The van der Waals surface area contributed by atoms with Gasteiger partial charge in [0.15, 0.2) is 17.2 Å². The maximum absolute atomic E-state index is 15.1. The maximum atomic E-state index is 15.1. The van der Waals surface area contributed by atoms with Crippen LogP contribution in [-0.4, -0.2) is 62.5 Å². The number of carbonyl (C=O) groups is 1. The second-order valence-corrected chi connectivity index (χ2v) is 10.7. The van der Waals surface area contributed by atoms with Crippen molar-refractivity contribution in [1.29, 1.82) is 0 Å². The summed E-state index contributed by atoms with van der Waals surface area (Å²) in [5.41, 5.74) is 1.41. The second kappa shape index (κ2) is 10.2. The molecule has 10 nitrogen and oxygen atoms in total. The number of aromatic nitrogens is 4. The van der Waals surface area contributed by atoms with Crippen LogP contribution in [0.1, 0.15) is 38.1 Å². The number of halogens is 3. The van der Waals surface area contributed by atoms with Crippen LogP contribution in [0.25, 0.3) is 33.1 Å². The lowest BCUT2D eigenvalue weighted by Gasteiger charge is -2.31. The maximum Gasteiger partial charge on any atom is 0.326 e. The number of nitrogens with zero attached hydrogens (tertiary/aromatic N) is 5. The molecule has 5 aromatic rings. The molecular weight excluding hydrogens is 555 g/mol. The summed E-state index contributed by atoms with van der Waals surface area (Å²) in [6.07, 6.45) is -3.10. The van der Waals surface area contributed by atoms with Gasteiger partial charge >= 0.3 is 5.97 Å². The highest BCUT2D eigenvalue weighted by molar-refractivity contribution is 6.06. The molecule has 0 aliphatic carbocycles. The zero-order valence-corrected chi connectivity index (χ0v) is 22.4. The Morgan fingerprint density at radius 2 is 1.98 bits per heavy atom. The summed E-state index contributed by atoms with van der Waals surface area (Å²) >= 11 is 0. The van der Waals surface area contributed by atoms with Crippen molar-refractivity contribution in [2.75, 3.05) is 24.7 Å². The SMILES string of the molecule is C[C@H]1COCC[C@@H]1n1c(O[C@H]2C[C@@H](C(=O)O)N(c3nc(C(F)F)nc4c3oc3ccccc34)C2)nc2cccc(F)c21. The fraction of sp³-hybridized carbons (Fsp3) is 0.379. The molecule has 2 aliphatic rings. The molecule has 13 heteroatoms. The monoisotopic (exact) mass is 581 g/mol. The lowest BCUT2D eigenvalue weighted by atomic mass is 9.97. The topological polar surface area (TPSA) is 116 Å². The average molecular weight is 582 g/mol. The number of hydrogen-bond donors (Lipinski definition) is 1. The van der Waals surface area contributed by atoms with Crippen LogP contribution in [0.2, 0.25) is 0 Å². The Labute approximate surface area is 236 Å². The zero-order valence-electron chi connectivity index (χ0n) is 22.4. The van der Waals surface area contributed by atoms with Crippen molar-refractivity contribution in [3.63, 3.8) is 0 Å². The Morgan fingerprint density at radius 1 is 1.14 bits per heavy atom. The van der Waals surface area contributed by atoms with Crippen LogP contribution in [0.4, 0.5) is 19.0 Å². The molecule has 2 aliphatic heterocycles. The summed E-state index contributed by atoms with van der Waals surface area (Å²) in [6, 6.07) is 10.3. The van der Waals surface area contributed by atoms with Crippen LogP contribution in [0.3, 0.4) is 0 Å². The molecule has 0 amide bonds. The Morgan fingerprint density at radius 3 is 2.76 bits per heavy atom. The number of carboxylic acid groups (broad SMARTS) is 1. The molecular formula is C29H26F3N5O5. The molecule has 1 N–H and O–H groups in total. The van der Waals surface area contributed by atoms with E-state index in [9.17, 15) is 18.7 Å². The van der Waals surface area contributed by atoms with E-state index in [1.165, 1.54) is 11.0 Å². The normalized spacial score (nSPS) is 23.0. The lowest BCUT2D eigenvalue weighted by molar-refractivity contribution is -0.138. The fourth-order valence-electron chi connectivity index (χ4n) is 6.11. The van der Waals surface area contributed by atoms with E-state index in [1.807, 2.05) is 6.92 Å². The number of rotatable bonds is 6. The fourth-order valence-corrected chi connectivity index (χ4v) is 6.11. The number of aliphatic carboxylic acids is 1. The first-order valence-corrected chi connectivity index (χ1v) is 13.7. The average Bonchev–Trinajstić information content (AvgIpc) is 3.67. The molecule has 218 valence electrons. The van der Waals surface area contributed by atoms with Crippen molar-refractivity contribution < 1.29 is 37.0 Å². The van der Waals surface area contributed by atoms with E-state index in [2.05, 4.69) is 15.0 Å². The second-order valence-electron chi connectivity index (χ2n) is 10.7. The number of benzene rings is 2. The predicted octanol–water partition coefficient (Wildman–Crippen LogP) is 5.51. The molecule has 0 bridgehead atoms. The van der Waals surface area contributed by atoms with E-state index in [-0.39, 0.29) is 47.9 Å². The minimum Gasteiger partial charge on any atom is -0.480 e. The number of ether oxygens (including phenoxy) is 2. The van der Waals surface area contributed by atoms with Gasteiger partial charge in [0.1, 0.15) is 34.6 Å². The van der Waals surface area contributed by atoms with Gasteiger partial charge in [0.2, 0.25) is 0 Å². The number of furan rings is 1. The van der Waals surface area contributed by atoms with Crippen molar-refractivity contribution in [1.82, 2.24) is 19.5 Å². The number of fused-ring (bicyclic) bond motifs is 4. The first-order chi connectivity index (χ1) is 20.3. The summed E-state index contributed by atoms with van der Waals surface area (Å²) in [7, 11) is 0. The largest absolute Gasteiger partial charge is 0.480 e. The number of alkyl halides is 2. The third-order valence-corrected chi connectivity index (χ3v) is 8.06. The van der Waals surface area contributed by atoms with Gasteiger partial charge in [-0.25, -0.2) is 27.9 Å². The van der Waals surface area contributed by atoms with Gasteiger partial charge in [-0.15, -0.1) is 0 Å². The Hall–Kier alpha value is -4.39. The van der Waals surface area contributed by atoms with Gasteiger partial charge < -0.3 is 23.9 Å². The first kappa shape index (κ1) is 26.5. The molecule has 0 radical (unpaired) electrons. The highest BCUT2D eigenvalue weighted by atomic mass is 19.3. The van der Waals surface area contributed by atoms with Crippen molar-refractivity contribution in [3.05, 3.63) is 54.1 Å². The number of carboxylic acids is 1. The van der Waals surface area contributed by atoms with E-state index >= 15 is 4.39 Å². The molecule has 0 spiro atoms. The molecule has 42 heavy (non-hydrogen) atoms. The van der Waals surface area contributed by atoms with Gasteiger partial charge in [-0.3, -0.25) is 4.57 Å². The van der Waals surface area contributed by atoms with Crippen molar-refractivity contribution in [2.24, 2.45) is 5.92 Å². The van der Waals surface area contributed by atoms with E-state index in [1.54, 1.807) is 41.0 Å². The smallest absolute Gasteiger partial charge is 0.326 e. The summed E-state index contributed by atoms with van der Waals surface area (Å²) in [5, 5.41) is 10.7. The van der Waals surface area contributed by atoms with Crippen LogP contribution >= 0.6 is 0 Å². The minimum absolute atomic E-state index is 0.0000879. The van der Waals surface area contributed by atoms with Gasteiger partial charge in [0.05, 0.1) is 18.7 Å². The molecule has 2 aromatic carbocycles. The molecule has 2 saturated heterocycles. The molecule has 2 fully saturated rings. The number of imidazole rings is 1. The van der Waals surface area contributed by atoms with Crippen molar-refractivity contribution in [3.8, 4) is 6.01 Å². The van der Waals surface area contributed by atoms with E-state index < -0.39 is 36.2 Å². The van der Waals surface area contributed by atoms with Crippen LogP contribution in [0, 0.1) is 11.7 Å². The highest BCUT2D eigenvalue weighted by Crippen LogP contribution is 2.40. The standard InChI is InChI=1S/C29H26F3N5O5/c1-14-13-40-10-9-19(14)37-23-17(30)6-4-7-18(23)33-29(37)41-15-11-20(28(38)39)36(12-15)27-24-22(34-26(35-27)25(31)32)16-5-2-3-8-21(16)42-24/h2-8,14-15,19-20,25H,9-13H2,1H3,(H,38,39)/t14-,15-,19-,20-/m0/s1. The quantitative estimate of drug-likeness (QED) is 0.277. The van der Waals surface area contributed by atoms with E-state index in [0.29, 0.717) is 41.6 Å². The third-order valence-electron chi connectivity index (χ3n) is 8.06. The van der Waals surface area contributed by atoms with Crippen LogP contribution in [0.5, 0.6) is 6.01 Å².